The SMILES string of the molecule is O=C(O)/C=C/c1ccc(C(=O)NN2CCOCC2)c(F)c1. The van der Waals surface area contributed by atoms with Gasteiger partial charge >= 0.3 is 5.97 Å². The van der Waals surface area contributed by atoms with Crippen LogP contribution < -0.4 is 5.43 Å². The minimum Gasteiger partial charge on any atom is -0.478 e. The molecule has 0 atom stereocenters. The van der Waals surface area contributed by atoms with Crippen molar-refractivity contribution in [2.45, 2.75) is 0 Å². The minimum absolute atomic E-state index is 0.0889. The van der Waals surface area contributed by atoms with Crippen LogP contribution in [0.1, 0.15) is 15.9 Å². The van der Waals surface area contributed by atoms with E-state index in [9.17, 15) is 14.0 Å². The van der Waals surface area contributed by atoms with E-state index in [1.807, 2.05) is 0 Å². The van der Waals surface area contributed by atoms with Crippen molar-refractivity contribution < 1.29 is 23.8 Å². The second-order valence-corrected chi connectivity index (χ2v) is 4.45. The number of aliphatic carboxylic acids is 1. The zero-order chi connectivity index (χ0) is 15.2. The summed E-state index contributed by atoms with van der Waals surface area (Å²) in [6, 6.07) is 3.93. The quantitative estimate of drug-likeness (QED) is 0.807. The van der Waals surface area contributed by atoms with Gasteiger partial charge in [-0.2, -0.15) is 0 Å². The molecule has 6 nitrogen and oxygen atoms in total. The molecule has 0 saturated carbocycles. The predicted molar refractivity (Wildman–Crippen MR) is 72.9 cm³/mol. The highest BCUT2D eigenvalue weighted by Gasteiger charge is 2.17. The molecule has 1 aromatic rings. The summed E-state index contributed by atoms with van der Waals surface area (Å²) in [7, 11) is 0. The molecule has 2 N–H and O–H groups in total. The number of benzene rings is 1. The van der Waals surface area contributed by atoms with Crippen molar-refractivity contribution in [3.63, 3.8) is 0 Å². The van der Waals surface area contributed by atoms with Crippen molar-refractivity contribution in [2.24, 2.45) is 0 Å². The second-order valence-electron chi connectivity index (χ2n) is 4.45. The number of nitrogens with zero attached hydrogens (tertiary/aromatic N) is 1. The molecular weight excluding hydrogens is 279 g/mol. The normalized spacial score (nSPS) is 16.0. The number of morpholine rings is 1. The third-order valence-electron chi connectivity index (χ3n) is 2.93. The van der Waals surface area contributed by atoms with Gasteiger partial charge in [-0.15, -0.1) is 0 Å². The summed E-state index contributed by atoms with van der Waals surface area (Å²) in [6.45, 7) is 2.13. The number of carbonyl (C=O) groups is 2. The van der Waals surface area contributed by atoms with Gasteiger partial charge in [-0.05, 0) is 23.8 Å². The van der Waals surface area contributed by atoms with Gasteiger partial charge in [0.2, 0.25) is 0 Å². The number of hydrogen-bond acceptors (Lipinski definition) is 4. The van der Waals surface area contributed by atoms with Crippen LogP contribution >= 0.6 is 0 Å². The van der Waals surface area contributed by atoms with Crippen molar-refractivity contribution in [1.29, 1.82) is 0 Å². The highest BCUT2D eigenvalue weighted by molar-refractivity contribution is 5.94. The maximum Gasteiger partial charge on any atom is 0.328 e. The van der Waals surface area contributed by atoms with Crippen molar-refractivity contribution in [2.75, 3.05) is 26.3 Å². The molecule has 21 heavy (non-hydrogen) atoms. The number of ether oxygens (including phenoxy) is 1. The number of halogens is 1. The lowest BCUT2D eigenvalue weighted by Gasteiger charge is -2.26. The monoisotopic (exact) mass is 294 g/mol. The number of carboxylic acid groups (broad SMARTS) is 1. The lowest BCUT2D eigenvalue weighted by atomic mass is 10.1. The molecule has 1 aliphatic heterocycles. The topological polar surface area (TPSA) is 78.9 Å². The van der Waals surface area contributed by atoms with Gasteiger partial charge in [0.25, 0.3) is 5.91 Å². The summed E-state index contributed by atoms with van der Waals surface area (Å²) in [5.41, 5.74) is 2.89. The van der Waals surface area contributed by atoms with E-state index >= 15 is 0 Å². The van der Waals surface area contributed by atoms with E-state index in [0.29, 0.717) is 31.9 Å². The average molecular weight is 294 g/mol. The van der Waals surface area contributed by atoms with E-state index in [1.54, 1.807) is 5.01 Å². The number of hydrogen-bond donors (Lipinski definition) is 2. The third-order valence-corrected chi connectivity index (χ3v) is 2.93. The standard InChI is InChI=1S/C14H15FN2O4/c15-12-9-10(2-4-13(18)19)1-3-11(12)14(20)16-17-5-7-21-8-6-17/h1-4,9H,5-8H2,(H,16,20)(H,18,19)/b4-2+. The van der Waals surface area contributed by atoms with Crippen LogP contribution in [0.3, 0.4) is 0 Å². The Morgan fingerprint density at radius 2 is 2.05 bits per heavy atom. The number of rotatable bonds is 4. The van der Waals surface area contributed by atoms with Gasteiger partial charge < -0.3 is 9.84 Å². The smallest absolute Gasteiger partial charge is 0.328 e. The summed E-state index contributed by atoms with van der Waals surface area (Å²) < 4.78 is 19.0. The summed E-state index contributed by atoms with van der Waals surface area (Å²) in [5, 5.41) is 10.2. The Bertz CT molecular complexity index is 568. The van der Waals surface area contributed by atoms with Gasteiger partial charge in [0, 0.05) is 19.2 Å². The first kappa shape index (κ1) is 15.1. The fourth-order valence-corrected chi connectivity index (χ4v) is 1.87. The Morgan fingerprint density at radius 3 is 2.67 bits per heavy atom. The van der Waals surface area contributed by atoms with E-state index in [0.717, 1.165) is 12.1 Å². The molecule has 0 bridgehead atoms. The Kier molecular flexibility index (Phi) is 5.02. The molecule has 0 aliphatic carbocycles. The van der Waals surface area contributed by atoms with Crippen LogP contribution in [0.2, 0.25) is 0 Å². The number of hydrazine groups is 1. The lowest BCUT2D eigenvalue weighted by molar-refractivity contribution is -0.131. The molecule has 112 valence electrons. The predicted octanol–water partition coefficient (Wildman–Crippen LogP) is 0.901. The molecule has 0 aromatic heterocycles. The van der Waals surface area contributed by atoms with Crippen molar-refractivity contribution in [3.05, 3.63) is 41.2 Å². The summed E-state index contributed by atoms with van der Waals surface area (Å²) in [4.78, 5) is 22.4. The average Bonchev–Trinajstić information content (AvgIpc) is 2.46. The molecule has 1 amide bonds. The van der Waals surface area contributed by atoms with Crippen LogP contribution in [-0.4, -0.2) is 48.3 Å². The first-order chi connectivity index (χ1) is 10.1. The molecule has 2 rings (SSSR count). The van der Waals surface area contributed by atoms with Gasteiger partial charge in [0.15, 0.2) is 0 Å². The maximum atomic E-state index is 13.9. The third kappa shape index (κ3) is 4.37. The molecular formula is C14H15FN2O4. The number of carbonyl (C=O) groups excluding carboxylic acids is 1. The van der Waals surface area contributed by atoms with Crippen LogP contribution in [0, 0.1) is 5.82 Å². The Labute approximate surface area is 120 Å². The minimum atomic E-state index is -1.12. The van der Waals surface area contributed by atoms with Crippen molar-refractivity contribution in [1.82, 2.24) is 10.4 Å². The molecule has 1 heterocycles. The van der Waals surface area contributed by atoms with Crippen molar-refractivity contribution in [3.8, 4) is 0 Å². The van der Waals surface area contributed by atoms with Crippen LogP contribution in [0.5, 0.6) is 0 Å². The summed E-state index contributed by atoms with van der Waals surface area (Å²) in [5.74, 6) is -2.36. The molecule has 1 aliphatic rings. The zero-order valence-electron chi connectivity index (χ0n) is 11.2. The van der Waals surface area contributed by atoms with Gasteiger partial charge in [-0.25, -0.2) is 14.2 Å². The Hall–Kier alpha value is -2.25. The van der Waals surface area contributed by atoms with E-state index in [1.165, 1.54) is 18.2 Å². The Morgan fingerprint density at radius 1 is 1.33 bits per heavy atom. The fourth-order valence-electron chi connectivity index (χ4n) is 1.87. The van der Waals surface area contributed by atoms with Gasteiger partial charge in [-0.3, -0.25) is 10.2 Å². The van der Waals surface area contributed by atoms with Crippen molar-refractivity contribution >= 4 is 18.0 Å². The zero-order valence-corrected chi connectivity index (χ0v) is 11.2. The number of carboxylic acids is 1. The molecule has 0 unspecified atom stereocenters. The molecule has 1 fully saturated rings. The van der Waals surface area contributed by atoms with E-state index in [4.69, 9.17) is 9.84 Å². The van der Waals surface area contributed by atoms with E-state index < -0.39 is 17.7 Å². The van der Waals surface area contributed by atoms with Gasteiger partial charge in [0.05, 0.1) is 18.8 Å². The highest BCUT2D eigenvalue weighted by Crippen LogP contribution is 2.12. The van der Waals surface area contributed by atoms with E-state index in [-0.39, 0.29) is 5.56 Å². The molecule has 1 aromatic carbocycles. The highest BCUT2D eigenvalue weighted by atomic mass is 19.1. The van der Waals surface area contributed by atoms with Crippen LogP contribution in [-0.2, 0) is 9.53 Å². The van der Waals surface area contributed by atoms with Crippen LogP contribution in [0.4, 0.5) is 4.39 Å². The first-order valence-corrected chi connectivity index (χ1v) is 6.40. The largest absolute Gasteiger partial charge is 0.478 e. The molecule has 1 saturated heterocycles. The summed E-state index contributed by atoms with van der Waals surface area (Å²) in [6.07, 6.45) is 2.16. The Balaban J connectivity index is 2.05. The first-order valence-electron chi connectivity index (χ1n) is 6.40. The summed E-state index contributed by atoms with van der Waals surface area (Å²) >= 11 is 0. The fraction of sp³-hybridized carbons (Fsp3) is 0.286. The van der Waals surface area contributed by atoms with Gasteiger partial charge in [0.1, 0.15) is 5.82 Å². The molecule has 0 spiro atoms. The number of nitrogens with one attached hydrogen (secondary N) is 1. The number of amides is 1. The van der Waals surface area contributed by atoms with Crippen LogP contribution in [0.25, 0.3) is 6.08 Å². The van der Waals surface area contributed by atoms with Crippen LogP contribution in [0.15, 0.2) is 24.3 Å². The van der Waals surface area contributed by atoms with Gasteiger partial charge in [-0.1, -0.05) is 6.07 Å². The second kappa shape index (κ2) is 6.96. The molecule has 0 radical (unpaired) electrons. The maximum absolute atomic E-state index is 13.9. The molecule has 7 heteroatoms. The van der Waals surface area contributed by atoms with E-state index in [2.05, 4.69) is 5.43 Å². The lowest BCUT2D eigenvalue weighted by Crippen LogP contribution is -2.48.